The molecular weight excluding hydrogens is 540 g/mol. The number of rotatable bonds is 15. The zero-order chi connectivity index (χ0) is 30.8. The number of Topliss-reactive ketones (excluding diaryl/α,β-unsaturated/α-hetero) is 4. The Bertz CT molecular complexity index is 1270. The third kappa shape index (κ3) is 9.50. The number of carbonyl (C=O) groups excluding carboxylic acids is 5. The van der Waals surface area contributed by atoms with Crippen LogP contribution in [-0.4, -0.2) is 35.1 Å². The highest BCUT2D eigenvalue weighted by atomic mass is 19.2. The van der Waals surface area contributed by atoms with Crippen LogP contribution in [-0.2, 0) is 25.6 Å². The molecule has 2 aromatic rings. The van der Waals surface area contributed by atoms with Gasteiger partial charge in [-0.2, -0.15) is 0 Å². The van der Waals surface area contributed by atoms with Gasteiger partial charge in [0.1, 0.15) is 0 Å². The second-order valence-corrected chi connectivity index (χ2v) is 11.9. The van der Waals surface area contributed by atoms with Crippen molar-refractivity contribution in [2.45, 2.75) is 84.6 Å². The average molecular weight is 582 g/mol. The van der Waals surface area contributed by atoms with E-state index in [9.17, 15) is 32.8 Å². The maximum atomic E-state index is 13.9. The number of halogens is 2. The molecule has 0 heterocycles. The maximum Gasteiger partial charge on any atom is 0.224 e. The summed E-state index contributed by atoms with van der Waals surface area (Å²) in [6.45, 7) is 5.08. The van der Waals surface area contributed by atoms with Crippen LogP contribution >= 0.6 is 0 Å². The lowest BCUT2D eigenvalue weighted by Crippen LogP contribution is -2.44. The molecule has 3 atom stereocenters. The van der Waals surface area contributed by atoms with Gasteiger partial charge >= 0.3 is 0 Å². The molecule has 2 aromatic carbocycles. The fourth-order valence-corrected chi connectivity index (χ4v) is 5.57. The molecule has 0 saturated heterocycles. The predicted molar refractivity (Wildman–Crippen MR) is 156 cm³/mol. The van der Waals surface area contributed by atoms with E-state index in [4.69, 9.17) is 0 Å². The molecule has 1 saturated carbocycles. The van der Waals surface area contributed by atoms with Gasteiger partial charge in [-0.05, 0) is 42.9 Å². The first kappa shape index (κ1) is 33.0. The van der Waals surface area contributed by atoms with Crippen LogP contribution in [0.2, 0.25) is 0 Å². The van der Waals surface area contributed by atoms with Crippen LogP contribution in [0.15, 0.2) is 48.5 Å². The molecule has 6 nitrogen and oxygen atoms in total. The number of ketones is 4. The highest BCUT2D eigenvalue weighted by Gasteiger charge is 2.33. The van der Waals surface area contributed by atoms with Gasteiger partial charge in [-0.1, -0.05) is 82.3 Å². The van der Waals surface area contributed by atoms with E-state index in [2.05, 4.69) is 5.32 Å². The molecular formula is C34H41F2NO5. The summed E-state index contributed by atoms with van der Waals surface area (Å²) in [6, 6.07) is 10.7. The molecule has 0 bridgehead atoms. The number of hydrogen-bond donors (Lipinski definition) is 1. The summed E-state index contributed by atoms with van der Waals surface area (Å²) in [4.78, 5) is 65.4. The Hall–Kier alpha value is -3.55. The van der Waals surface area contributed by atoms with Crippen molar-refractivity contribution in [1.29, 1.82) is 0 Å². The van der Waals surface area contributed by atoms with Crippen LogP contribution in [0.4, 0.5) is 8.78 Å². The Kier molecular flexibility index (Phi) is 12.3. The van der Waals surface area contributed by atoms with Crippen molar-refractivity contribution in [2.24, 2.45) is 23.7 Å². The molecule has 0 aliphatic heterocycles. The van der Waals surface area contributed by atoms with E-state index in [1.807, 2.05) is 0 Å². The van der Waals surface area contributed by atoms with Gasteiger partial charge in [-0.15, -0.1) is 0 Å². The summed E-state index contributed by atoms with van der Waals surface area (Å²) in [5.41, 5.74) is 0.733. The molecule has 1 fully saturated rings. The van der Waals surface area contributed by atoms with Crippen LogP contribution in [0, 0.1) is 35.3 Å². The molecule has 0 spiro atoms. The molecule has 1 amide bonds. The first-order valence-electron chi connectivity index (χ1n) is 14.9. The number of hydrogen-bond acceptors (Lipinski definition) is 5. The Labute approximate surface area is 246 Å². The number of benzene rings is 2. The molecule has 1 N–H and O–H groups in total. The SMILES string of the molecule is CC(C)[C@H](CC(=O)[C@H](C)NC(=O)[C@H](CC(=O)c1ccccc1)Cc1ccc(F)c(F)c1)C(=O)C(=O)CC1CCCCC1. The van der Waals surface area contributed by atoms with Crippen molar-refractivity contribution in [3.05, 3.63) is 71.3 Å². The largest absolute Gasteiger partial charge is 0.346 e. The van der Waals surface area contributed by atoms with Gasteiger partial charge in [0, 0.05) is 36.7 Å². The van der Waals surface area contributed by atoms with Crippen LogP contribution in [0.5, 0.6) is 0 Å². The number of carbonyl (C=O) groups is 5. The fourth-order valence-electron chi connectivity index (χ4n) is 5.57. The maximum absolute atomic E-state index is 13.9. The van der Waals surface area contributed by atoms with E-state index in [1.54, 1.807) is 44.2 Å². The van der Waals surface area contributed by atoms with E-state index in [-0.39, 0.29) is 43.3 Å². The van der Waals surface area contributed by atoms with E-state index in [0.29, 0.717) is 11.1 Å². The third-order valence-electron chi connectivity index (χ3n) is 8.24. The summed E-state index contributed by atoms with van der Waals surface area (Å²) in [6.07, 6.45) is 4.90. The van der Waals surface area contributed by atoms with E-state index in [0.717, 1.165) is 44.2 Å². The third-order valence-corrected chi connectivity index (χ3v) is 8.24. The summed E-state index contributed by atoms with van der Waals surface area (Å²) < 4.78 is 27.4. The number of amides is 1. The summed E-state index contributed by atoms with van der Waals surface area (Å²) in [5, 5.41) is 2.66. The van der Waals surface area contributed by atoms with Gasteiger partial charge in [0.05, 0.1) is 6.04 Å². The Morgan fingerprint density at radius 2 is 1.52 bits per heavy atom. The Morgan fingerprint density at radius 3 is 2.14 bits per heavy atom. The molecule has 8 heteroatoms. The zero-order valence-electron chi connectivity index (χ0n) is 24.7. The van der Waals surface area contributed by atoms with Gasteiger partial charge < -0.3 is 5.32 Å². The minimum atomic E-state index is -1.06. The van der Waals surface area contributed by atoms with Crippen LogP contribution in [0.3, 0.4) is 0 Å². The average Bonchev–Trinajstić information content (AvgIpc) is 2.97. The summed E-state index contributed by atoms with van der Waals surface area (Å²) in [5.74, 6) is -6.14. The summed E-state index contributed by atoms with van der Waals surface area (Å²) >= 11 is 0. The first-order chi connectivity index (χ1) is 20.0. The van der Waals surface area contributed by atoms with Crippen molar-refractivity contribution in [1.82, 2.24) is 5.32 Å². The second-order valence-electron chi connectivity index (χ2n) is 11.9. The lowest BCUT2D eigenvalue weighted by Gasteiger charge is -2.24. The van der Waals surface area contributed by atoms with Crippen molar-refractivity contribution < 1.29 is 32.8 Å². The standard InChI is InChI=1S/C34H41F2NO5/c1-21(2)27(33(41)32(40)18-23-10-6-4-7-11-23)20-30(38)22(3)37-34(42)26(16-24-14-15-28(35)29(36)17-24)19-31(39)25-12-8-5-9-13-25/h5,8-9,12-15,17,21-23,26-27H,4,6-7,10-11,16,18-20H2,1-3H3,(H,37,42)/t22-,26-,27-/m0/s1. The molecule has 0 radical (unpaired) electrons. The quantitative estimate of drug-likeness (QED) is 0.198. The van der Waals surface area contributed by atoms with E-state index < -0.39 is 52.8 Å². The van der Waals surface area contributed by atoms with E-state index in [1.165, 1.54) is 13.0 Å². The minimum absolute atomic E-state index is 0.0503. The highest BCUT2D eigenvalue weighted by molar-refractivity contribution is 6.38. The lowest BCUT2D eigenvalue weighted by atomic mass is 9.80. The van der Waals surface area contributed by atoms with Crippen molar-refractivity contribution in [2.75, 3.05) is 0 Å². The molecule has 1 aliphatic rings. The first-order valence-corrected chi connectivity index (χ1v) is 14.9. The fraction of sp³-hybridized carbons (Fsp3) is 0.500. The van der Waals surface area contributed by atoms with Gasteiger partial charge in [-0.3, -0.25) is 24.0 Å². The van der Waals surface area contributed by atoms with Gasteiger partial charge in [-0.25, -0.2) is 8.78 Å². The van der Waals surface area contributed by atoms with Crippen LogP contribution in [0.25, 0.3) is 0 Å². The van der Waals surface area contributed by atoms with Gasteiger partial charge in [0.15, 0.2) is 29.0 Å². The molecule has 0 unspecified atom stereocenters. The molecule has 42 heavy (non-hydrogen) atoms. The van der Waals surface area contributed by atoms with Gasteiger partial charge in [0.25, 0.3) is 0 Å². The summed E-state index contributed by atoms with van der Waals surface area (Å²) in [7, 11) is 0. The minimum Gasteiger partial charge on any atom is -0.346 e. The second kappa shape index (κ2) is 15.6. The van der Waals surface area contributed by atoms with E-state index >= 15 is 0 Å². The Balaban J connectivity index is 1.68. The van der Waals surface area contributed by atoms with Crippen LogP contribution < -0.4 is 5.32 Å². The normalized spacial score (nSPS) is 16.0. The number of nitrogens with one attached hydrogen (secondary N) is 1. The highest BCUT2D eigenvalue weighted by Crippen LogP contribution is 2.28. The van der Waals surface area contributed by atoms with Crippen molar-refractivity contribution in [3.63, 3.8) is 0 Å². The van der Waals surface area contributed by atoms with Crippen molar-refractivity contribution >= 4 is 29.0 Å². The predicted octanol–water partition coefficient (Wildman–Crippen LogP) is 6.24. The topological polar surface area (TPSA) is 97.4 Å². The zero-order valence-corrected chi connectivity index (χ0v) is 24.7. The molecule has 0 aromatic heterocycles. The van der Waals surface area contributed by atoms with Crippen LogP contribution in [0.1, 0.15) is 88.1 Å². The molecule has 226 valence electrons. The molecule has 3 rings (SSSR count). The Morgan fingerprint density at radius 1 is 0.857 bits per heavy atom. The van der Waals surface area contributed by atoms with Gasteiger partial charge in [0.2, 0.25) is 11.7 Å². The lowest BCUT2D eigenvalue weighted by molar-refractivity contribution is -0.142. The molecule has 1 aliphatic carbocycles. The van der Waals surface area contributed by atoms with Crippen molar-refractivity contribution in [3.8, 4) is 0 Å². The monoisotopic (exact) mass is 581 g/mol. The smallest absolute Gasteiger partial charge is 0.224 e.